The Bertz CT molecular complexity index is 1010. The molecule has 0 spiro atoms. The van der Waals surface area contributed by atoms with Crippen LogP contribution in [-0.2, 0) is 14.4 Å². The van der Waals surface area contributed by atoms with Gasteiger partial charge in [-0.2, -0.15) is 0 Å². The number of benzene rings is 2. The zero-order valence-corrected chi connectivity index (χ0v) is 17.3. The van der Waals surface area contributed by atoms with Crippen molar-refractivity contribution in [2.45, 2.75) is 20.8 Å². The Kier molecular flexibility index (Phi) is 6.20. The molecule has 0 aliphatic carbocycles. The first-order chi connectivity index (χ1) is 13.8. The molecule has 0 fully saturated rings. The van der Waals surface area contributed by atoms with Crippen molar-refractivity contribution in [2.75, 3.05) is 22.6 Å². The van der Waals surface area contributed by atoms with Crippen LogP contribution in [-0.4, -0.2) is 35.2 Å². The number of nitrogens with one attached hydrogen (secondary N) is 1. The van der Waals surface area contributed by atoms with Crippen molar-refractivity contribution in [3.63, 3.8) is 0 Å². The van der Waals surface area contributed by atoms with E-state index in [2.05, 4.69) is 5.32 Å². The van der Waals surface area contributed by atoms with Gasteiger partial charge in [0.25, 0.3) is 11.8 Å². The number of nitrogens with zero attached hydrogens (tertiary/aromatic N) is 1. The SMILES string of the molecule is CC(=O)Nc1ccc(C2=C(SCCO)C(=O)N(c3ccc(C)c(C)c3)C2=O)cc1. The normalized spacial score (nSPS) is 14.0. The molecular weight excluding hydrogens is 388 g/mol. The number of aryl methyl sites for hydroxylation is 2. The van der Waals surface area contributed by atoms with Crippen LogP contribution in [0.2, 0.25) is 0 Å². The van der Waals surface area contributed by atoms with Crippen LogP contribution in [0, 0.1) is 13.8 Å². The van der Waals surface area contributed by atoms with E-state index in [0.29, 0.717) is 33.2 Å². The third-order valence-corrected chi connectivity index (χ3v) is 5.68. The molecule has 0 bridgehead atoms. The van der Waals surface area contributed by atoms with Gasteiger partial charge in [0.15, 0.2) is 0 Å². The van der Waals surface area contributed by atoms with Gasteiger partial charge in [-0.05, 0) is 54.8 Å². The molecule has 1 aliphatic rings. The Morgan fingerprint density at radius 1 is 1.03 bits per heavy atom. The van der Waals surface area contributed by atoms with Crippen molar-refractivity contribution in [1.29, 1.82) is 0 Å². The van der Waals surface area contributed by atoms with Gasteiger partial charge in [-0.15, -0.1) is 11.8 Å². The lowest BCUT2D eigenvalue weighted by atomic mass is 10.1. The lowest BCUT2D eigenvalue weighted by Gasteiger charge is -2.16. The Morgan fingerprint density at radius 3 is 2.31 bits per heavy atom. The molecule has 6 nitrogen and oxygen atoms in total. The lowest BCUT2D eigenvalue weighted by Crippen LogP contribution is -2.31. The number of amides is 3. The second-order valence-corrected chi connectivity index (χ2v) is 7.85. The summed E-state index contributed by atoms with van der Waals surface area (Å²) in [5.41, 5.74) is 4.08. The second-order valence-electron chi connectivity index (χ2n) is 6.75. The molecule has 3 rings (SSSR count). The fourth-order valence-electron chi connectivity index (χ4n) is 3.07. The number of aliphatic hydroxyl groups excluding tert-OH is 1. The summed E-state index contributed by atoms with van der Waals surface area (Å²) in [5, 5.41) is 11.9. The summed E-state index contributed by atoms with van der Waals surface area (Å²) in [6.45, 7) is 5.21. The highest BCUT2D eigenvalue weighted by Crippen LogP contribution is 2.38. The van der Waals surface area contributed by atoms with Crippen LogP contribution in [0.3, 0.4) is 0 Å². The second kappa shape index (κ2) is 8.63. The summed E-state index contributed by atoms with van der Waals surface area (Å²) in [5.74, 6) is -0.671. The Hall–Kier alpha value is -2.90. The van der Waals surface area contributed by atoms with Crippen molar-refractivity contribution in [3.8, 4) is 0 Å². The van der Waals surface area contributed by atoms with Gasteiger partial charge in [0, 0.05) is 18.4 Å². The van der Waals surface area contributed by atoms with E-state index < -0.39 is 11.8 Å². The third kappa shape index (κ3) is 4.26. The predicted octanol–water partition coefficient (Wildman–Crippen LogP) is 3.27. The molecular formula is C22H22N2O4S. The van der Waals surface area contributed by atoms with E-state index in [0.717, 1.165) is 11.1 Å². The van der Waals surface area contributed by atoms with Crippen LogP contribution in [0.4, 0.5) is 11.4 Å². The molecule has 1 heterocycles. The van der Waals surface area contributed by atoms with Crippen LogP contribution >= 0.6 is 11.8 Å². The van der Waals surface area contributed by atoms with Gasteiger partial charge in [0.2, 0.25) is 5.91 Å². The zero-order chi connectivity index (χ0) is 21.1. The van der Waals surface area contributed by atoms with E-state index in [4.69, 9.17) is 0 Å². The monoisotopic (exact) mass is 410 g/mol. The number of thioether (sulfide) groups is 1. The average Bonchev–Trinajstić information content (AvgIpc) is 2.92. The maximum Gasteiger partial charge on any atom is 0.272 e. The smallest absolute Gasteiger partial charge is 0.272 e. The fraction of sp³-hybridized carbons (Fsp3) is 0.227. The molecule has 1 aliphatic heterocycles. The Labute approximate surface area is 173 Å². The van der Waals surface area contributed by atoms with E-state index in [1.807, 2.05) is 26.0 Å². The highest BCUT2D eigenvalue weighted by molar-refractivity contribution is 8.04. The number of imide groups is 1. The van der Waals surface area contributed by atoms with Crippen LogP contribution < -0.4 is 10.2 Å². The molecule has 0 saturated heterocycles. The van der Waals surface area contributed by atoms with Crippen LogP contribution in [0.5, 0.6) is 0 Å². The minimum Gasteiger partial charge on any atom is -0.396 e. The topological polar surface area (TPSA) is 86.7 Å². The lowest BCUT2D eigenvalue weighted by molar-refractivity contribution is -0.120. The molecule has 0 unspecified atom stereocenters. The first-order valence-electron chi connectivity index (χ1n) is 9.15. The summed E-state index contributed by atoms with van der Waals surface area (Å²) in [7, 11) is 0. The van der Waals surface area contributed by atoms with E-state index >= 15 is 0 Å². The van der Waals surface area contributed by atoms with Gasteiger partial charge in [0.1, 0.15) is 0 Å². The van der Waals surface area contributed by atoms with Gasteiger partial charge >= 0.3 is 0 Å². The van der Waals surface area contributed by atoms with Gasteiger partial charge in [-0.25, -0.2) is 4.90 Å². The fourth-order valence-corrected chi connectivity index (χ4v) is 3.93. The number of rotatable bonds is 6. The molecule has 2 aromatic carbocycles. The molecule has 7 heteroatoms. The van der Waals surface area contributed by atoms with Crippen molar-refractivity contribution in [1.82, 2.24) is 0 Å². The highest BCUT2D eigenvalue weighted by atomic mass is 32.2. The molecule has 0 saturated carbocycles. The quantitative estimate of drug-likeness (QED) is 0.714. The molecule has 150 valence electrons. The first-order valence-corrected chi connectivity index (χ1v) is 10.1. The summed E-state index contributed by atoms with van der Waals surface area (Å²) in [6, 6.07) is 12.2. The zero-order valence-electron chi connectivity index (χ0n) is 16.5. The Balaban J connectivity index is 2.02. The Morgan fingerprint density at radius 2 is 1.72 bits per heavy atom. The molecule has 29 heavy (non-hydrogen) atoms. The summed E-state index contributed by atoms with van der Waals surface area (Å²) >= 11 is 1.17. The number of hydrogen-bond acceptors (Lipinski definition) is 5. The molecule has 0 radical (unpaired) electrons. The molecule has 0 atom stereocenters. The minimum atomic E-state index is -0.397. The van der Waals surface area contributed by atoms with Gasteiger partial charge in [0.05, 0.1) is 22.8 Å². The van der Waals surface area contributed by atoms with Crippen molar-refractivity contribution in [2.24, 2.45) is 0 Å². The van der Waals surface area contributed by atoms with Gasteiger partial charge in [-0.1, -0.05) is 18.2 Å². The van der Waals surface area contributed by atoms with Crippen LogP contribution in [0.1, 0.15) is 23.6 Å². The first kappa shape index (κ1) is 20.8. The maximum atomic E-state index is 13.3. The number of aliphatic hydroxyl groups is 1. The van der Waals surface area contributed by atoms with Crippen LogP contribution in [0.25, 0.3) is 5.57 Å². The van der Waals surface area contributed by atoms with Crippen molar-refractivity contribution < 1.29 is 19.5 Å². The van der Waals surface area contributed by atoms with E-state index in [1.54, 1.807) is 30.3 Å². The van der Waals surface area contributed by atoms with Gasteiger partial charge in [-0.3, -0.25) is 14.4 Å². The summed E-state index contributed by atoms with van der Waals surface area (Å²) in [6.07, 6.45) is 0. The largest absolute Gasteiger partial charge is 0.396 e. The van der Waals surface area contributed by atoms with E-state index in [-0.39, 0.29) is 12.5 Å². The minimum absolute atomic E-state index is 0.103. The molecule has 2 aromatic rings. The van der Waals surface area contributed by atoms with Crippen molar-refractivity contribution in [3.05, 3.63) is 64.1 Å². The molecule has 2 N–H and O–H groups in total. The predicted molar refractivity (Wildman–Crippen MR) is 116 cm³/mol. The molecule has 3 amide bonds. The number of carbonyl (C=O) groups is 3. The average molecular weight is 410 g/mol. The van der Waals surface area contributed by atoms with E-state index in [9.17, 15) is 19.5 Å². The van der Waals surface area contributed by atoms with Gasteiger partial charge < -0.3 is 10.4 Å². The third-order valence-electron chi connectivity index (χ3n) is 4.62. The number of anilines is 2. The summed E-state index contributed by atoms with van der Waals surface area (Å²) in [4.78, 5) is 39.1. The maximum absolute atomic E-state index is 13.3. The number of carbonyl (C=O) groups excluding carboxylic acids is 3. The highest BCUT2D eigenvalue weighted by Gasteiger charge is 2.40. The standard InChI is InChI=1S/C22H22N2O4S/c1-13-4-9-18(12-14(13)2)24-21(27)19(20(22(24)28)29-11-10-25)16-5-7-17(8-6-16)23-15(3)26/h4-9,12,25H,10-11H2,1-3H3,(H,23,26). The number of hydrogen-bond donors (Lipinski definition) is 2. The molecule has 0 aromatic heterocycles. The summed E-state index contributed by atoms with van der Waals surface area (Å²) < 4.78 is 0. The van der Waals surface area contributed by atoms with Crippen LogP contribution in [0.15, 0.2) is 47.4 Å². The van der Waals surface area contributed by atoms with E-state index in [1.165, 1.54) is 23.6 Å². The van der Waals surface area contributed by atoms with Crippen molar-refractivity contribution >= 4 is 46.4 Å².